The molecule has 0 bridgehead atoms. The first kappa shape index (κ1) is 30.6. The van der Waals surface area contributed by atoms with Gasteiger partial charge in [-0.2, -0.15) is 0 Å². The third-order valence-corrected chi connectivity index (χ3v) is 8.00. The first-order valence-corrected chi connectivity index (χ1v) is 14.7. The third kappa shape index (κ3) is 8.02. The SMILES string of the molecule is CNC(=O)[C@@H](Cc1ccccc1)N(Cc1ccc(Cl)cc1Cl)C(=O)CN(c1ccc(OC)c(Cl)c1)S(C)(=O)=O. The summed E-state index contributed by atoms with van der Waals surface area (Å²) in [6, 6.07) is 17.4. The van der Waals surface area contributed by atoms with Crippen LogP contribution in [0.1, 0.15) is 11.1 Å². The average Bonchev–Trinajstić information content (AvgIpc) is 2.89. The molecule has 0 fully saturated rings. The van der Waals surface area contributed by atoms with E-state index in [0.717, 1.165) is 16.1 Å². The Hall–Kier alpha value is -2.98. The Bertz CT molecular complexity index is 1440. The second kappa shape index (κ2) is 13.4. The molecule has 1 N–H and O–H groups in total. The van der Waals surface area contributed by atoms with Crippen molar-refractivity contribution in [1.29, 1.82) is 0 Å². The zero-order chi connectivity index (χ0) is 28.7. The molecule has 12 heteroatoms. The van der Waals surface area contributed by atoms with Crippen molar-refractivity contribution >= 4 is 62.3 Å². The second-order valence-electron chi connectivity index (χ2n) is 8.67. The molecule has 1 atom stereocenters. The number of likely N-dealkylation sites (N-methyl/N-ethyl adjacent to an activating group) is 1. The van der Waals surface area contributed by atoms with Crippen LogP contribution in [0.25, 0.3) is 0 Å². The van der Waals surface area contributed by atoms with Gasteiger partial charge in [0.1, 0.15) is 18.3 Å². The number of hydrogen-bond donors (Lipinski definition) is 1. The molecule has 2 amide bonds. The van der Waals surface area contributed by atoms with Gasteiger partial charge in [-0.15, -0.1) is 0 Å². The van der Waals surface area contributed by atoms with Crippen LogP contribution in [0.4, 0.5) is 5.69 Å². The fraction of sp³-hybridized carbons (Fsp3) is 0.259. The molecule has 0 aliphatic rings. The summed E-state index contributed by atoms with van der Waals surface area (Å²) in [5.41, 5.74) is 1.52. The predicted octanol–water partition coefficient (Wildman–Crippen LogP) is 4.81. The van der Waals surface area contributed by atoms with Crippen molar-refractivity contribution in [2.75, 3.05) is 31.3 Å². The molecule has 0 spiro atoms. The molecule has 0 saturated heterocycles. The Morgan fingerprint density at radius 2 is 1.67 bits per heavy atom. The number of sulfonamides is 1. The molecule has 3 rings (SSSR count). The summed E-state index contributed by atoms with van der Waals surface area (Å²) in [6.45, 7) is -0.657. The monoisotopic (exact) mass is 611 g/mol. The van der Waals surface area contributed by atoms with Crippen LogP contribution < -0.4 is 14.4 Å². The van der Waals surface area contributed by atoms with Gasteiger partial charge in [-0.3, -0.25) is 13.9 Å². The van der Waals surface area contributed by atoms with Crippen LogP contribution in [-0.4, -0.2) is 58.1 Å². The first-order valence-electron chi connectivity index (χ1n) is 11.7. The number of carbonyl (C=O) groups is 2. The fourth-order valence-corrected chi connectivity index (χ4v) is 5.54. The Morgan fingerprint density at radius 1 is 0.974 bits per heavy atom. The lowest BCUT2D eigenvalue weighted by molar-refractivity contribution is -0.139. The molecule has 0 radical (unpaired) electrons. The van der Waals surface area contributed by atoms with E-state index in [1.54, 1.807) is 12.1 Å². The quantitative estimate of drug-likeness (QED) is 0.335. The van der Waals surface area contributed by atoms with Gasteiger partial charge in [0.2, 0.25) is 21.8 Å². The Morgan fingerprint density at radius 3 is 2.23 bits per heavy atom. The van der Waals surface area contributed by atoms with Crippen molar-refractivity contribution in [2.45, 2.75) is 19.0 Å². The summed E-state index contributed by atoms with van der Waals surface area (Å²) in [6.07, 6.45) is 1.17. The highest BCUT2D eigenvalue weighted by molar-refractivity contribution is 7.92. The van der Waals surface area contributed by atoms with Gasteiger partial charge in [0, 0.05) is 30.1 Å². The summed E-state index contributed by atoms with van der Waals surface area (Å²) in [7, 11) is -1.03. The molecule has 0 aliphatic carbocycles. The molecule has 0 heterocycles. The smallest absolute Gasteiger partial charge is 0.244 e. The van der Waals surface area contributed by atoms with E-state index in [9.17, 15) is 18.0 Å². The number of hydrogen-bond acceptors (Lipinski definition) is 5. The topological polar surface area (TPSA) is 96.0 Å². The molecule has 8 nitrogen and oxygen atoms in total. The largest absolute Gasteiger partial charge is 0.495 e. The maximum Gasteiger partial charge on any atom is 0.244 e. The number of carbonyl (C=O) groups excluding carboxylic acids is 2. The Kier molecular flexibility index (Phi) is 10.5. The maximum atomic E-state index is 13.9. The van der Waals surface area contributed by atoms with E-state index in [1.807, 2.05) is 30.3 Å². The van der Waals surface area contributed by atoms with Gasteiger partial charge in [0.25, 0.3) is 0 Å². The highest BCUT2D eigenvalue weighted by atomic mass is 35.5. The van der Waals surface area contributed by atoms with Gasteiger partial charge in [-0.1, -0.05) is 71.2 Å². The second-order valence-corrected chi connectivity index (χ2v) is 11.8. The number of anilines is 1. The lowest BCUT2D eigenvalue weighted by atomic mass is 10.0. The van der Waals surface area contributed by atoms with E-state index < -0.39 is 34.4 Å². The third-order valence-electron chi connectivity index (χ3n) is 5.98. The maximum absolute atomic E-state index is 13.9. The van der Waals surface area contributed by atoms with Crippen LogP contribution in [0.15, 0.2) is 66.7 Å². The number of amides is 2. The van der Waals surface area contributed by atoms with Crippen molar-refractivity contribution in [3.63, 3.8) is 0 Å². The number of halogens is 3. The van der Waals surface area contributed by atoms with Crippen LogP contribution in [0, 0.1) is 0 Å². The average molecular weight is 613 g/mol. The van der Waals surface area contributed by atoms with Crippen molar-refractivity contribution in [1.82, 2.24) is 10.2 Å². The summed E-state index contributed by atoms with van der Waals surface area (Å²) in [5.74, 6) is -0.694. The molecule has 0 aliphatic heterocycles. The van der Waals surface area contributed by atoms with E-state index >= 15 is 0 Å². The number of nitrogens with zero attached hydrogens (tertiary/aromatic N) is 2. The predicted molar refractivity (Wildman–Crippen MR) is 155 cm³/mol. The minimum absolute atomic E-state index is 0.0687. The van der Waals surface area contributed by atoms with E-state index in [1.165, 1.54) is 43.3 Å². The highest BCUT2D eigenvalue weighted by Gasteiger charge is 2.33. The van der Waals surface area contributed by atoms with Crippen molar-refractivity contribution in [3.05, 3.63) is 92.9 Å². The van der Waals surface area contributed by atoms with E-state index in [2.05, 4.69) is 5.32 Å². The van der Waals surface area contributed by atoms with Gasteiger partial charge in [0.05, 0.1) is 24.1 Å². The molecule has 0 unspecified atom stereocenters. The van der Waals surface area contributed by atoms with Crippen LogP contribution >= 0.6 is 34.8 Å². The molecule has 3 aromatic rings. The normalized spacial score (nSPS) is 11.9. The van der Waals surface area contributed by atoms with Gasteiger partial charge in [-0.25, -0.2) is 8.42 Å². The van der Waals surface area contributed by atoms with Gasteiger partial charge in [-0.05, 0) is 41.5 Å². The first-order chi connectivity index (χ1) is 18.4. The highest BCUT2D eigenvalue weighted by Crippen LogP contribution is 2.31. The zero-order valence-electron chi connectivity index (χ0n) is 21.5. The number of methoxy groups -OCH3 is 1. The van der Waals surface area contributed by atoms with Crippen molar-refractivity contribution in [3.8, 4) is 5.75 Å². The number of benzene rings is 3. The molecular weight excluding hydrogens is 585 g/mol. The van der Waals surface area contributed by atoms with Crippen LogP contribution in [0.2, 0.25) is 15.1 Å². The summed E-state index contributed by atoms with van der Waals surface area (Å²) < 4.78 is 31.7. The van der Waals surface area contributed by atoms with Crippen LogP contribution in [0.3, 0.4) is 0 Å². The molecular formula is C27H28Cl3N3O5S. The van der Waals surface area contributed by atoms with E-state index in [0.29, 0.717) is 21.4 Å². The van der Waals surface area contributed by atoms with Gasteiger partial charge in [0.15, 0.2) is 0 Å². The standard InChI is InChI=1S/C27H28Cl3N3O5S/c1-31-27(35)24(13-18-7-5-4-6-8-18)32(16-19-9-10-20(28)14-22(19)29)26(34)17-33(39(3,36)37)21-11-12-25(38-2)23(30)15-21/h4-12,14-15,24H,13,16-17H2,1-3H3,(H,31,35)/t24-/m1/s1. The summed E-state index contributed by atoms with van der Waals surface area (Å²) >= 11 is 18.7. The lowest BCUT2D eigenvalue weighted by Crippen LogP contribution is -2.52. The molecule has 0 saturated carbocycles. The molecule has 3 aromatic carbocycles. The Labute approximate surface area is 243 Å². The number of nitrogens with one attached hydrogen (secondary N) is 1. The van der Waals surface area contributed by atoms with Crippen molar-refractivity contribution in [2.24, 2.45) is 0 Å². The van der Waals surface area contributed by atoms with Crippen LogP contribution in [0.5, 0.6) is 5.75 Å². The molecule has 208 valence electrons. The Balaban J connectivity index is 2.06. The van der Waals surface area contributed by atoms with Gasteiger partial charge < -0.3 is 15.0 Å². The number of ether oxygens (including phenoxy) is 1. The molecule has 39 heavy (non-hydrogen) atoms. The van der Waals surface area contributed by atoms with Crippen molar-refractivity contribution < 1.29 is 22.7 Å². The zero-order valence-corrected chi connectivity index (χ0v) is 24.6. The summed E-state index contributed by atoms with van der Waals surface area (Å²) in [5, 5.41) is 3.50. The summed E-state index contributed by atoms with van der Waals surface area (Å²) in [4.78, 5) is 28.4. The van der Waals surface area contributed by atoms with Gasteiger partial charge >= 0.3 is 0 Å². The minimum atomic E-state index is -3.94. The number of rotatable bonds is 11. The minimum Gasteiger partial charge on any atom is -0.495 e. The van der Waals surface area contributed by atoms with Crippen LogP contribution in [-0.2, 0) is 32.6 Å². The lowest BCUT2D eigenvalue weighted by Gasteiger charge is -2.33. The van der Waals surface area contributed by atoms with E-state index in [-0.39, 0.29) is 23.7 Å². The van der Waals surface area contributed by atoms with E-state index in [4.69, 9.17) is 39.5 Å². The fourth-order valence-electron chi connectivity index (χ4n) is 3.98. The molecule has 0 aromatic heterocycles.